The van der Waals surface area contributed by atoms with E-state index >= 15 is 0 Å². The van der Waals surface area contributed by atoms with Crippen LogP contribution in [0.5, 0.6) is 11.6 Å². The first-order chi connectivity index (χ1) is 7.68. The summed E-state index contributed by atoms with van der Waals surface area (Å²) in [6.07, 6.45) is 2.89. The minimum atomic E-state index is -0.384. The van der Waals surface area contributed by atoms with Crippen molar-refractivity contribution in [2.45, 2.75) is 6.92 Å². The molecule has 0 saturated carbocycles. The van der Waals surface area contributed by atoms with Crippen LogP contribution in [0.3, 0.4) is 0 Å². The number of nitrogens with two attached hydrogens (primary N) is 1. The molecule has 2 rings (SSSR count). The SMILES string of the molecule is Cc1cccc(N)c1Oc1ncc[nH]c1=O. The third-order valence-electron chi connectivity index (χ3n) is 2.12. The Labute approximate surface area is 91.9 Å². The van der Waals surface area contributed by atoms with Gasteiger partial charge in [-0.15, -0.1) is 0 Å². The van der Waals surface area contributed by atoms with Crippen molar-refractivity contribution in [3.8, 4) is 11.6 Å². The summed E-state index contributed by atoms with van der Waals surface area (Å²) in [5.74, 6) is 0.454. The second-order valence-corrected chi connectivity index (χ2v) is 3.32. The Morgan fingerprint density at radius 3 is 2.94 bits per heavy atom. The third-order valence-corrected chi connectivity index (χ3v) is 2.12. The number of nitrogen functional groups attached to an aromatic ring is 1. The van der Waals surface area contributed by atoms with Gasteiger partial charge >= 0.3 is 5.56 Å². The fraction of sp³-hybridized carbons (Fsp3) is 0.0909. The highest BCUT2D eigenvalue weighted by Gasteiger charge is 2.08. The van der Waals surface area contributed by atoms with E-state index in [9.17, 15) is 4.79 Å². The van der Waals surface area contributed by atoms with Gasteiger partial charge in [-0.05, 0) is 18.6 Å². The number of aromatic nitrogens is 2. The van der Waals surface area contributed by atoms with Crippen molar-refractivity contribution < 1.29 is 4.74 Å². The summed E-state index contributed by atoms with van der Waals surface area (Å²) in [7, 11) is 0. The summed E-state index contributed by atoms with van der Waals surface area (Å²) in [5.41, 5.74) is 6.70. The van der Waals surface area contributed by atoms with E-state index in [-0.39, 0.29) is 11.4 Å². The first-order valence-electron chi connectivity index (χ1n) is 4.75. The van der Waals surface area contributed by atoms with E-state index in [1.807, 2.05) is 19.1 Å². The average Bonchev–Trinajstić information content (AvgIpc) is 2.26. The maximum Gasteiger partial charge on any atom is 0.311 e. The van der Waals surface area contributed by atoms with Gasteiger partial charge < -0.3 is 15.5 Å². The van der Waals surface area contributed by atoms with E-state index in [1.54, 1.807) is 6.07 Å². The topological polar surface area (TPSA) is 81.0 Å². The van der Waals surface area contributed by atoms with E-state index in [1.165, 1.54) is 12.4 Å². The normalized spacial score (nSPS) is 10.1. The van der Waals surface area contributed by atoms with Gasteiger partial charge in [-0.3, -0.25) is 4.79 Å². The van der Waals surface area contributed by atoms with Crippen LogP contribution in [0.1, 0.15) is 5.56 Å². The molecule has 0 aliphatic rings. The molecule has 0 atom stereocenters. The molecular formula is C11H11N3O2. The van der Waals surface area contributed by atoms with Crippen LogP contribution >= 0.6 is 0 Å². The third kappa shape index (κ3) is 1.88. The fourth-order valence-electron chi connectivity index (χ4n) is 1.32. The number of para-hydroxylation sites is 1. The molecule has 1 aromatic carbocycles. The van der Waals surface area contributed by atoms with Crippen LogP contribution in [0.25, 0.3) is 0 Å². The second kappa shape index (κ2) is 4.06. The Balaban J connectivity index is 2.42. The molecule has 0 unspecified atom stereocenters. The molecule has 0 amide bonds. The molecular weight excluding hydrogens is 206 g/mol. The van der Waals surface area contributed by atoms with E-state index in [2.05, 4.69) is 9.97 Å². The van der Waals surface area contributed by atoms with Gasteiger partial charge in [-0.2, -0.15) is 0 Å². The summed E-state index contributed by atoms with van der Waals surface area (Å²) in [4.78, 5) is 17.7. The summed E-state index contributed by atoms with van der Waals surface area (Å²) >= 11 is 0. The van der Waals surface area contributed by atoms with Crippen LogP contribution in [0.15, 0.2) is 35.4 Å². The zero-order valence-corrected chi connectivity index (χ0v) is 8.73. The average molecular weight is 217 g/mol. The highest BCUT2D eigenvalue weighted by atomic mass is 16.5. The number of hydrogen-bond acceptors (Lipinski definition) is 4. The van der Waals surface area contributed by atoms with E-state index in [4.69, 9.17) is 10.5 Å². The predicted octanol–water partition coefficient (Wildman–Crippen LogP) is 1.45. The monoisotopic (exact) mass is 217 g/mol. The van der Waals surface area contributed by atoms with Crippen LogP contribution in [-0.4, -0.2) is 9.97 Å². The van der Waals surface area contributed by atoms with Crippen LogP contribution in [-0.2, 0) is 0 Å². The molecule has 5 nitrogen and oxygen atoms in total. The Kier molecular flexibility index (Phi) is 2.59. The molecule has 0 spiro atoms. The van der Waals surface area contributed by atoms with Crippen molar-refractivity contribution in [1.82, 2.24) is 9.97 Å². The number of rotatable bonds is 2. The molecule has 5 heteroatoms. The molecule has 82 valence electrons. The van der Waals surface area contributed by atoms with Crippen molar-refractivity contribution in [1.29, 1.82) is 0 Å². The number of aromatic amines is 1. The molecule has 0 saturated heterocycles. The van der Waals surface area contributed by atoms with Crippen LogP contribution in [0.2, 0.25) is 0 Å². The molecule has 3 N–H and O–H groups in total. The standard InChI is InChI=1S/C11H11N3O2/c1-7-3-2-4-8(12)9(7)16-11-10(15)13-5-6-14-11/h2-6H,12H2,1H3,(H,13,15). The summed E-state index contributed by atoms with van der Waals surface area (Å²) in [5, 5.41) is 0. The number of aryl methyl sites for hydroxylation is 1. The number of ether oxygens (including phenoxy) is 1. The van der Waals surface area contributed by atoms with Gasteiger partial charge in [0.2, 0.25) is 0 Å². The quantitative estimate of drug-likeness (QED) is 0.746. The molecule has 0 bridgehead atoms. The summed E-state index contributed by atoms with van der Waals surface area (Å²) in [6, 6.07) is 5.38. The molecule has 16 heavy (non-hydrogen) atoms. The minimum Gasteiger partial charge on any atom is -0.432 e. The number of anilines is 1. The molecule has 2 aromatic rings. The highest BCUT2D eigenvalue weighted by Crippen LogP contribution is 2.28. The first-order valence-corrected chi connectivity index (χ1v) is 4.75. The number of hydrogen-bond donors (Lipinski definition) is 2. The van der Waals surface area contributed by atoms with Gasteiger partial charge in [0.25, 0.3) is 5.88 Å². The van der Waals surface area contributed by atoms with Crippen LogP contribution < -0.4 is 16.0 Å². The zero-order valence-electron chi connectivity index (χ0n) is 8.73. The maximum absolute atomic E-state index is 11.4. The highest BCUT2D eigenvalue weighted by molar-refractivity contribution is 5.57. The molecule has 0 aliphatic heterocycles. The van der Waals surface area contributed by atoms with E-state index < -0.39 is 0 Å². The predicted molar refractivity (Wildman–Crippen MR) is 60.5 cm³/mol. The van der Waals surface area contributed by atoms with Crippen molar-refractivity contribution in [3.63, 3.8) is 0 Å². The largest absolute Gasteiger partial charge is 0.432 e. The van der Waals surface area contributed by atoms with Crippen molar-refractivity contribution >= 4 is 5.69 Å². The summed E-state index contributed by atoms with van der Waals surface area (Å²) < 4.78 is 5.39. The second-order valence-electron chi connectivity index (χ2n) is 3.32. The van der Waals surface area contributed by atoms with Gasteiger partial charge in [0.15, 0.2) is 5.75 Å². The molecule has 0 aliphatic carbocycles. The lowest BCUT2D eigenvalue weighted by Gasteiger charge is -2.08. The first kappa shape index (κ1) is 10.2. The van der Waals surface area contributed by atoms with Crippen molar-refractivity contribution in [3.05, 3.63) is 46.5 Å². The van der Waals surface area contributed by atoms with Gasteiger partial charge in [0.05, 0.1) is 5.69 Å². The lowest BCUT2D eigenvalue weighted by Crippen LogP contribution is -2.10. The van der Waals surface area contributed by atoms with Crippen LogP contribution in [0.4, 0.5) is 5.69 Å². The van der Waals surface area contributed by atoms with Crippen molar-refractivity contribution in [2.24, 2.45) is 0 Å². The van der Waals surface area contributed by atoms with E-state index in [0.29, 0.717) is 11.4 Å². The Morgan fingerprint density at radius 2 is 2.25 bits per heavy atom. The molecule has 1 heterocycles. The maximum atomic E-state index is 11.4. The number of nitrogens with zero attached hydrogens (tertiary/aromatic N) is 1. The lowest BCUT2D eigenvalue weighted by molar-refractivity contribution is 0.453. The molecule has 0 radical (unpaired) electrons. The summed E-state index contributed by atoms with van der Waals surface area (Å²) in [6.45, 7) is 1.85. The Hall–Kier alpha value is -2.30. The Morgan fingerprint density at radius 1 is 1.44 bits per heavy atom. The Bertz CT molecular complexity index is 543. The van der Waals surface area contributed by atoms with Crippen molar-refractivity contribution in [2.75, 3.05) is 5.73 Å². The van der Waals surface area contributed by atoms with E-state index in [0.717, 1.165) is 5.56 Å². The van der Waals surface area contributed by atoms with Gasteiger partial charge in [-0.25, -0.2) is 4.98 Å². The number of nitrogens with one attached hydrogen (secondary N) is 1. The zero-order chi connectivity index (χ0) is 11.5. The van der Waals surface area contributed by atoms with Crippen LogP contribution in [0, 0.1) is 6.92 Å². The van der Waals surface area contributed by atoms with Gasteiger partial charge in [-0.1, -0.05) is 12.1 Å². The number of H-pyrrole nitrogens is 1. The lowest BCUT2D eigenvalue weighted by atomic mass is 10.2. The molecule has 0 fully saturated rings. The minimum absolute atomic E-state index is 0.0106. The molecule has 1 aromatic heterocycles. The van der Waals surface area contributed by atoms with Gasteiger partial charge in [0, 0.05) is 12.4 Å². The van der Waals surface area contributed by atoms with Gasteiger partial charge in [0.1, 0.15) is 0 Å². The smallest absolute Gasteiger partial charge is 0.311 e. The number of benzene rings is 1. The fourth-order valence-corrected chi connectivity index (χ4v) is 1.32.